The third kappa shape index (κ3) is 5.72. The lowest BCUT2D eigenvalue weighted by Crippen LogP contribution is -2.16. The number of nitrogens with zero attached hydrogens (tertiary/aromatic N) is 2. The number of rotatable bonds is 6. The number of anilines is 1. The Bertz CT molecular complexity index is 905. The van der Waals surface area contributed by atoms with Gasteiger partial charge in [0, 0.05) is 0 Å². The minimum atomic E-state index is -0.650. The minimum Gasteiger partial charge on any atom is -0.466 e. The summed E-state index contributed by atoms with van der Waals surface area (Å²) >= 11 is 5.09. The van der Waals surface area contributed by atoms with Gasteiger partial charge in [0.1, 0.15) is 13.2 Å². The summed E-state index contributed by atoms with van der Waals surface area (Å²) in [6.07, 6.45) is 1.03. The number of aryl methyl sites for hydroxylation is 1. The molecule has 0 fully saturated rings. The summed E-state index contributed by atoms with van der Waals surface area (Å²) in [5, 5.41) is 2.64. The maximum Gasteiger partial charge on any atom is 0.318 e. The zero-order chi connectivity index (χ0) is 19.1. The molecular weight excluding hydrogens is 365 g/mol. The van der Waals surface area contributed by atoms with Gasteiger partial charge < -0.3 is 9.47 Å². The molecule has 1 heterocycles. The molecule has 0 aliphatic heterocycles. The van der Waals surface area contributed by atoms with Crippen LogP contribution in [0.15, 0.2) is 60.8 Å². The summed E-state index contributed by atoms with van der Waals surface area (Å²) in [5.41, 5.74) is 3.07. The first-order valence-corrected chi connectivity index (χ1v) is 8.69. The smallest absolute Gasteiger partial charge is 0.318 e. The Morgan fingerprint density at radius 3 is 2.48 bits per heavy atom. The van der Waals surface area contributed by atoms with Crippen LogP contribution in [-0.4, -0.2) is 15.1 Å². The first-order chi connectivity index (χ1) is 13.1. The quantitative estimate of drug-likeness (QED) is 0.636. The molecule has 7 heteroatoms. The molecule has 3 rings (SSSR count). The molecule has 1 N–H and O–H groups in total. The Balaban J connectivity index is 1.57. The van der Waals surface area contributed by atoms with Gasteiger partial charge in [-0.1, -0.05) is 60.2 Å². The highest BCUT2D eigenvalue weighted by atomic mass is 32.1. The molecule has 0 saturated heterocycles. The largest absolute Gasteiger partial charge is 0.466 e. The van der Waals surface area contributed by atoms with Crippen molar-refractivity contribution >= 4 is 23.2 Å². The maximum atomic E-state index is 13.9. The van der Waals surface area contributed by atoms with E-state index in [9.17, 15) is 4.39 Å². The van der Waals surface area contributed by atoms with Crippen molar-refractivity contribution in [2.75, 3.05) is 5.32 Å². The van der Waals surface area contributed by atoms with Crippen molar-refractivity contribution in [2.24, 2.45) is 0 Å². The van der Waals surface area contributed by atoms with E-state index in [4.69, 9.17) is 21.7 Å². The number of halogens is 1. The van der Waals surface area contributed by atoms with Gasteiger partial charge in [0.15, 0.2) is 11.6 Å². The lowest BCUT2D eigenvalue weighted by molar-refractivity contribution is 0.279. The molecule has 27 heavy (non-hydrogen) atoms. The van der Waals surface area contributed by atoms with Crippen LogP contribution in [-0.2, 0) is 18.0 Å². The molecular formula is C20H18FN3O2S. The second-order valence-electron chi connectivity index (χ2n) is 5.81. The lowest BCUT2D eigenvalue weighted by Gasteiger charge is -2.11. The fourth-order valence-corrected chi connectivity index (χ4v) is 2.35. The van der Waals surface area contributed by atoms with E-state index < -0.39 is 5.82 Å². The number of hydrogen-bond acceptors (Lipinski definition) is 5. The molecule has 0 spiro atoms. The number of nitrogens with one attached hydrogen (secondary N) is 1. The SMILES string of the molecule is Cc1ccc(COc2ncc(F)c(NC(=S)OCc3ccccc3)n2)cc1. The van der Waals surface area contributed by atoms with Gasteiger partial charge in [0.25, 0.3) is 5.17 Å². The average molecular weight is 383 g/mol. The van der Waals surface area contributed by atoms with E-state index in [1.54, 1.807) is 0 Å². The Morgan fingerprint density at radius 1 is 1.04 bits per heavy atom. The fourth-order valence-electron chi connectivity index (χ4n) is 2.20. The molecule has 0 amide bonds. The first-order valence-electron chi connectivity index (χ1n) is 8.29. The monoisotopic (exact) mass is 383 g/mol. The maximum absolute atomic E-state index is 13.9. The molecule has 138 valence electrons. The third-order valence-corrected chi connectivity index (χ3v) is 3.86. The standard InChI is InChI=1S/C20H18FN3O2S/c1-14-7-9-16(10-8-14)12-25-19-22-11-17(21)18(23-19)24-20(27)26-13-15-5-3-2-4-6-15/h2-11H,12-13H2,1H3,(H,22,23,24,27). The van der Waals surface area contributed by atoms with E-state index in [0.717, 1.165) is 22.9 Å². The molecule has 1 aromatic heterocycles. The van der Waals surface area contributed by atoms with E-state index in [1.165, 1.54) is 0 Å². The summed E-state index contributed by atoms with van der Waals surface area (Å²) in [6, 6.07) is 17.4. The second-order valence-corrected chi connectivity index (χ2v) is 6.18. The van der Waals surface area contributed by atoms with Crippen molar-refractivity contribution in [3.8, 4) is 6.01 Å². The Morgan fingerprint density at radius 2 is 1.74 bits per heavy atom. The van der Waals surface area contributed by atoms with Crippen LogP contribution in [0, 0.1) is 12.7 Å². The van der Waals surface area contributed by atoms with Crippen molar-refractivity contribution in [3.63, 3.8) is 0 Å². The van der Waals surface area contributed by atoms with E-state index >= 15 is 0 Å². The Hall–Kier alpha value is -3.06. The van der Waals surface area contributed by atoms with Crippen LogP contribution in [0.3, 0.4) is 0 Å². The highest BCUT2D eigenvalue weighted by Crippen LogP contribution is 2.15. The van der Waals surface area contributed by atoms with Crippen molar-refractivity contribution in [1.29, 1.82) is 0 Å². The van der Waals surface area contributed by atoms with Crippen molar-refractivity contribution in [1.82, 2.24) is 9.97 Å². The molecule has 0 aliphatic rings. The number of aromatic nitrogens is 2. The minimum absolute atomic E-state index is 0.0148. The second kappa shape index (κ2) is 9.05. The zero-order valence-electron chi connectivity index (χ0n) is 14.7. The summed E-state index contributed by atoms with van der Waals surface area (Å²) in [7, 11) is 0. The van der Waals surface area contributed by atoms with Gasteiger partial charge in [-0.3, -0.25) is 5.32 Å². The molecule has 5 nitrogen and oxygen atoms in total. The molecule has 0 aliphatic carbocycles. The Labute approximate surface area is 162 Å². The summed E-state index contributed by atoms with van der Waals surface area (Å²) in [5.74, 6) is -0.745. The zero-order valence-corrected chi connectivity index (χ0v) is 15.5. The molecule has 0 bridgehead atoms. The van der Waals surface area contributed by atoms with Crippen molar-refractivity contribution in [2.45, 2.75) is 20.1 Å². The van der Waals surface area contributed by atoms with Crippen LogP contribution in [0.25, 0.3) is 0 Å². The molecule has 0 atom stereocenters. The molecule has 0 unspecified atom stereocenters. The summed E-state index contributed by atoms with van der Waals surface area (Å²) < 4.78 is 24.9. The summed E-state index contributed by atoms with van der Waals surface area (Å²) in [6.45, 7) is 2.56. The third-order valence-electron chi connectivity index (χ3n) is 3.64. The van der Waals surface area contributed by atoms with Gasteiger partial charge in [-0.25, -0.2) is 9.37 Å². The highest BCUT2D eigenvalue weighted by Gasteiger charge is 2.10. The number of hydrogen-bond donors (Lipinski definition) is 1. The number of thiocarbonyl (C=S) groups is 1. The van der Waals surface area contributed by atoms with Crippen LogP contribution in [0.1, 0.15) is 16.7 Å². The van der Waals surface area contributed by atoms with Gasteiger partial charge in [0.05, 0.1) is 6.20 Å². The van der Waals surface area contributed by atoms with Gasteiger partial charge in [-0.2, -0.15) is 4.98 Å². The van der Waals surface area contributed by atoms with Crippen LogP contribution in [0.4, 0.5) is 10.2 Å². The van der Waals surface area contributed by atoms with Crippen LogP contribution in [0.2, 0.25) is 0 Å². The number of benzene rings is 2. The highest BCUT2D eigenvalue weighted by molar-refractivity contribution is 7.80. The number of ether oxygens (including phenoxy) is 2. The lowest BCUT2D eigenvalue weighted by atomic mass is 10.2. The Kier molecular flexibility index (Phi) is 6.27. The predicted octanol–water partition coefficient (Wildman–Crippen LogP) is 4.42. The van der Waals surface area contributed by atoms with E-state index in [-0.39, 0.29) is 30.2 Å². The topological polar surface area (TPSA) is 56.3 Å². The molecule has 2 aromatic carbocycles. The molecule has 3 aromatic rings. The van der Waals surface area contributed by atoms with E-state index in [0.29, 0.717) is 0 Å². The molecule has 0 saturated carbocycles. The van der Waals surface area contributed by atoms with Crippen molar-refractivity contribution < 1.29 is 13.9 Å². The summed E-state index contributed by atoms with van der Waals surface area (Å²) in [4.78, 5) is 7.85. The van der Waals surface area contributed by atoms with Crippen LogP contribution < -0.4 is 10.1 Å². The first kappa shape index (κ1) is 18.7. The molecule has 0 radical (unpaired) electrons. The van der Waals surface area contributed by atoms with Crippen molar-refractivity contribution in [3.05, 3.63) is 83.3 Å². The van der Waals surface area contributed by atoms with Gasteiger partial charge >= 0.3 is 6.01 Å². The average Bonchev–Trinajstić information content (AvgIpc) is 2.69. The van der Waals surface area contributed by atoms with E-state index in [1.807, 2.05) is 61.5 Å². The van der Waals surface area contributed by atoms with Gasteiger partial charge in [0.2, 0.25) is 0 Å². The predicted molar refractivity (Wildman–Crippen MR) is 105 cm³/mol. The van der Waals surface area contributed by atoms with Gasteiger partial charge in [-0.05, 0) is 30.3 Å². The van der Waals surface area contributed by atoms with Crippen LogP contribution in [0.5, 0.6) is 6.01 Å². The fraction of sp³-hybridized carbons (Fsp3) is 0.150. The van der Waals surface area contributed by atoms with E-state index in [2.05, 4.69) is 15.3 Å². The normalized spacial score (nSPS) is 10.3. The van der Waals surface area contributed by atoms with Crippen LogP contribution >= 0.6 is 12.2 Å². The van der Waals surface area contributed by atoms with Gasteiger partial charge in [-0.15, -0.1) is 0 Å².